The topological polar surface area (TPSA) is 39.2 Å². The molecular weight excluding hydrogens is 222 g/mol. The number of hydrogen-bond donors (Lipinski definition) is 1. The summed E-state index contributed by atoms with van der Waals surface area (Å²) >= 11 is 0. The largest absolute Gasteiger partial charge is 0.466 e. The molecule has 0 saturated heterocycles. The van der Waals surface area contributed by atoms with Gasteiger partial charge in [-0.05, 0) is 30.2 Å². The molecule has 0 aliphatic carbocycles. The van der Waals surface area contributed by atoms with Crippen molar-refractivity contribution in [1.82, 2.24) is 0 Å². The van der Waals surface area contributed by atoms with Gasteiger partial charge in [-0.2, -0.15) is 0 Å². The van der Waals surface area contributed by atoms with Crippen LogP contribution in [0.4, 0.5) is 0 Å². The third-order valence-corrected chi connectivity index (χ3v) is 3.42. The van der Waals surface area contributed by atoms with E-state index in [1.54, 1.807) is 0 Å². The van der Waals surface area contributed by atoms with Crippen LogP contribution in [0.3, 0.4) is 0 Å². The van der Waals surface area contributed by atoms with E-state index in [4.69, 9.17) is 10.2 Å². The van der Waals surface area contributed by atoms with Crippen LogP contribution in [0.1, 0.15) is 36.5 Å². The van der Waals surface area contributed by atoms with E-state index in [-0.39, 0.29) is 5.41 Å². The van der Waals surface area contributed by atoms with Crippen molar-refractivity contribution in [2.75, 3.05) is 6.54 Å². The van der Waals surface area contributed by atoms with Gasteiger partial charge in [-0.15, -0.1) is 0 Å². The van der Waals surface area contributed by atoms with E-state index in [1.165, 1.54) is 11.1 Å². The smallest absolute Gasteiger partial charge is 0.108 e. The van der Waals surface area contributed by atoms with Crippen LogP contribution < -0.4 is 5.73 Å². The van der Waals surface area contributed by atoms with Crippen molar-refractivity contribution in [3.63, 3.8) is 0 Å². The Morgan fingerprint density at radius 3 is 2.22 bits per heavy atom. The first-order valence-electron chi connectivity index (χ1n) is 6.36. The van der Waals surface area contributed by atoms with Gasteiger partial charge in [0.15, 0.2) is 0 Å². The summed E-state index contributed by atoms with van der Waals surface area (Å²) in [5.41, 5.74) is 8.38. The van der Waals surface area contributed by atoms with Gasteiger partial charge >= 0.3 is 0 Å². The van der Waals surface area contributed by atoms with Crippen LogP contribution >= 0.6 is 0 Å². The molecule has 2 rings (SSSR count). The number of nitrogens with two attached hydrogens (primary N) is 1. The molecule has 0 bridgehead atoms. The van der Waals surface area contributed by atoms with E-state index in [1.807, 2.05) is 19.1 Å². The molecule has 0 unspecified atom stereocenters. The lowest BCUT2D eigenvalue weighted by Gasteiger charge is -2.23. The highest BCUT2D eigenvalue weighted by atomic mass is 16.3. The Morgan fingerprint density at radius 2 is 1.72 bits per heavy atom. The Kier molecular flexibility index (Phi) is 3.58. The van der Waals surface area contributed by atoms with Gasteiger partial charge in [-0.3, -0.25) is 0 Å². The van der Waals surface area contributed by atoms with Gasteiger partial charge in [0.25, 0.3) is 0 Å². The summed E-state index contributed by atoms with van der Waals surface area (Å²) in [6.45, 7) is 6.95. The van der Waals surface area contributed by atoms with Crippen molar-refractivity contribution < 1.29 is 4.42 Å². The molecule has 0 spiro atoms. The highest BCUT2D eigenvalue weighted by molar-refractivity contribution is 5.30. The van der Waals surface area contributed by atoms with Crippen LogP contribution in [-0.4, -0.2) is 6.54 Å². The van der Waals surface area contributed by atoms with Crippen molar-refractivity contribution in [1.29, 1.82) is 0 Å². The van der Waals surface area contributed by atoms with E-state index in [0.717, 1.165) is 17.9 Å². The first-order valence-corrected chi connectivity index (χ1v) is 6.36. The number of rotatable bonds is 4. The standard InChI is InChI=1S/C16H21NO/c1-12-4-9-15(18-12)10-13-5-7-14(8-6-13)16(2,3)11-17/h4-9H,10-11,17H2,1-3H3. The van der Waals surface area contributed by atoms with E-state index in [9.17, 15) is 0 Å². The fourth-order valence-corrected chi connectivity index (χ4v) is 1.97. The molecule has 0 radical (unpaired) electrons. The third-order valence-electron chi connectivity index (χ3n) is 3.42. The van der Waals surface area contributed by atoms with Crippen molar-refractivity contribution in [3.05, 3.63) is 59.0 Å². The van der Waals surface area contributed by atoms with Crippen LogP contribution in [-0.2, 0) is 11.8 Å². The first kappa shape index (κ1) is 12.9. The molecule has 2 aromatic rings. The summed E-state index contributed by atoms with van der Waals surface area (Å²) in [7, 11) is 0. The summed E-state index contributed by atoms with van der Waals surface area (Å²) in [5, 5.41) is 0. The number of hydrogen-bond acceptors (Lipinski definition) is 2. The molecule has 1 aromatic heterocycles. The molecule has 0 fully saturated rings. The molecule has 0 amide bonds. The lowest BCUT2D eigenvalue weighted by Crippen LogP contribution is -2.27. The number of aryl methyl sites for hydroxylation is 1. The zero-order valence-electron chi connectivity index (χ0n) is 11.4. The summed E-state index contributed by atoms with van der Waals surface area (Å²) in [5.74, 6) is 1.98. The lowest BCUT2D eigenvalue weighted by atomic mass is 9.84. The SMILES string of the molecule is Cc1ccc(Cc2ccc(C(C)(C)CN)cc2)o1. The highest BCUT2D eigenvalue weighted by Crippen LogP contribution is 2.22. The Bertz CT molecular complexity index is 508. The molecule has 1 heterocycles. The quantitative estimate of drug-likeness (QED) is 0.893. The minimum atomic E-state index is 0.0415. The van der Waals surface area contributed by atoms with E-state index in [2.05, 4.69) is 38.1 Å². The Labute approximate surface area is 109 Å². The average Bonchev–Trinajstić information content (AvgIpc) is 2.75. The monoisotopic (exact) mass is 243 g/mol. The molecule has 0 atom stereocenters. The summed E-state index contributed by atoms with van der Waals surface area (Å²) in [6.07, 6.45) is 0.844. The van der Waals surface area contributed by atoms with Crippen LogP contribution in [0.25, 0.3) is 0 Å². The highest BCUT2D eigenvalue weighted by Gasteiger charge is 2.17. The van der Waals surface area contributed by atoms with E-state index >= 15 is 0 Å². The maximum absolute atomic E-state index is 5.79. The summed E-state index contributed by atoms with van der Waals surface area (Å²) in [6, 6.07) is 12.7. The molecule has 0 saturated carbocycles. The summed E-state index contributed by atoms with van der Waals surface area (Å²) < 4.78 is 5.59. The lowest BCUT2D eigenvalue weighted by molar-refractivity contribution is 0.493. The van der Waals surface area contributed by atoms with Gasteiger partial charge in [0.2, 0.25) is 0 Å². The van der Waals surface area contributed by atoms with Crippen LogP contribution in [0.15, 0.2) is 40.8 Å². The van der Waals surface area contributed by atoms with Gasteiger partial charge in [0.1, 0.15) is 11.5 Å². The van der Waals surface area contributed by atoms with Gasteiger partial charge in [0, 0.05) is 18.4 Å². The van der Waals surface area contributed by atoms with Crippen LogP contribution in [0, 0.1) is 6.92 Å². The van der Waals surface area contributed by atoms with Crippen molar-refractivity contribution >= 4 is 0 Å². The molecule has 0 aliphatic rings. The maximum atomic E-state index is 5.79. The second-order valence-corrected chi connectivity index (χ2v) is 5.47. The normalized spacial score (nSPS) is 11.8. The summed E-state index contributed by atoms with van der Waals surface area (Å²) in [4.78, 5) is 0. The minimum absolute atomic E-state index is 0.0415. The van der Waals surface area contributed by atoms with Crippen molar-refractivity contribution in [2.24, 2.45) is 5.73 Å². The van der Waals surface area contributed by atoms with Gasteiger partial charge < -0.3 is 10.2 Å². The maximum Gasteiger partial charge on any atom is 0.108 e. The fourth-order valence-electron chi connectivity index (χ4n) is 1.97. The predicted octanol–water partition coefficient (Wildman–Crippen LogP) is 3.42. The van der Waals surface area contributed by atoms with Gasteiger partial charge in [-0.25, -0.2) is 0 Å². The molecule has 96 valence electrons. The molecule has 1 aromatic carbocycles. The van der Waals surface area contributed by atoms with E-state index < -0.39 is 0 Å². The average molecular weight is 243 g/mol. The second kappa shape index (κ2) is 4.99. The predicted molar refractivity (Wildman–Crippen MR) is 74.8 cm³/mol. The van der Waals surface area contributed by atoms with Crippen LogP contribution in [0.5, 0.6) is 0 Å². The van der Waals surface area contributed by atoms with Crippen LogP contribution in [0.2, 0.25) is 0 Å². The zero-order chi connectivity index (χ0) is 13.2. The Morgan fingerprint density at radius 1 is 1.06 bits per heavy atom. The second-order valence-electron chi connectivity index (χ2n) is 5.47. The third kappa shape index (κ3) is 2.82. The van der Waals surface area contributed by atoms with Crippen molar-refractivity contribution in [2.45, 2.75) is 32.6 Å². The minimum Gasteiger partial charge on any atom is -0.466 e. The number of benzene rings is 1. The number of furan rings is 1. The molecule has 2 N–H and O–H groups in total. The van der Waals surface area contributed by atoms with Gasteiger partial charge in [-0.1, -0.05) is 38.1 Å². The fraction of sp³-hybridized carbons (Fsp3) is 0.375. The Hall–Kier alpha value is -1.54. The van der Waals surface area contributed by atoms with E-state index in [0.29, 0.717) is 6.54 Å². The molecule has 0 aliphatic heterocycles. The molecular formula is C16H21NO. The van der Waals surface area contributed by atoms with Gasteiger partial charge in [0.05, 0.1) is 0 Å². The Balaban J connectivity index is 2.13. The first-order chi connectivity index (χ1) is 8.51. The van der Waals surface area contributed by atoms with Crippen molar-refractivity contribution in [3.8, 4) is 0 Å². The zero-order valence-corrected chi connectivity index (χ0v) is 11.4. The molecule has 2 nitrogen and oxygen atoms in total. The molecule has 18 heavy (non-hydrogen) atoms. The molecule has 2 heteroatoms.